The maximum atomic E-state index is 9.73. The van der Waals surface area contributed by atoms with Crippen LogP contribution in [-0.4, -0.2) is 10.2 Å². The molecular weight excluding hydrogens is 376 g/mol. The number of aromatic nitrogens is 2. The van der Waals surface area contributed by atoms with Crippen LogP contribution < -0.4 is 15.2 Å². The number of aromatic amines is 1. The number of ether oxygens (including phenoxy) is 2. The van der Waals surface area contributed by atoms with Gasteiger partial charge in [0.15, 0.2) is 0 Å². The van der Waals surface area contributed by atoms with Gasteiger partial charge in [-0.3, -0.25) is 5.10 Å². The number of nitrogens with zero attached hydrogens (tertiary/aromatic N) is 2. The Bertz CT molecular complexity index is 1100. The van der Waals surface area contributed by atoms with Crippen LogP contribution in [0.2, 0.25) is 5.02 Å². The maximum absolute atomic E-state index is 9.73. The number of H-pyrrole nitrogens is 1. The van der Waals surface area contributed by atoms with Gasteiger partial charge in [0.25, 0.3) is 0 Å². The van der Waals surface area contributed by atoms with Crippen molar-refractivity contribution in [1.29, 1.82) is 5.26 Å². The van der Waals surface area contributed by atoms with Crippen LogP contribution in [-0.2, 0) is 6.61 Å². The van der Waals surface area contributed by atoms with Crippen molar-refractivity contribution in [3.05, 3.63) is 87.4 Å². The van der Waals surface area contributed by atoms with Gasteiger partial charge in [0.05, 0.1) is 17.2 Å². The summed E-state index contributed by atoms with van der Waals surface area (Å²) < 4.78 is 11.5. The second-order valence-corrected chi connectivity index (χ2v) is 6.88. The van der Waals surface area contributed by atoms with Crippen LogP contribution in [0.15, 0.2) is 60.0 Å². The van der Waals surface area contributed by atoms with Crippen molar-refractivity contribution in [3.8, 4) is 17.7 Å². The lowest BCUT2D eigenvalue weighted by Gasteiger charge is -2.25. The van der Waals surface area contributed by atoms with E-state index in [1.165, 1.54) is 0 Å². The van der Waals surface area contributed by atoms with Crippen molar-refractivity contribution in [2.24, 2.45) is 5.73 Å². The number of nitrogens with two attached hydrogens (primary N) is 1. The highest BCUT2D eigenvalue weighted by molar-refractivity contribution is 6.30. The average molecular weight is 393 g/mol. The van der Waals surface area contributed by atoms with Gasteiger partial charge >= 0.3 is 0 Å². The number of rotatable bonds is 4. The lowest BCUT2D eigenvalue weighted by molar-refractivity contribution is 0.299. The zero-order valence-electron chi connectivity index (χ0n) is 15.1. The molecule has 0 bridgehead atoms. The fourth-order valence-electron chi connectivity index (χ4n) is 3.33. The molecule has 7 heteroatoms. The Morgan fingerprint density at radius 2 is 2.00 bits per heavy atom. The largest absolute Gasteiger partial charge is 0.487 e. The molecule has 140 valence electrons. The molecule has 0 fully saturated rings. The van der Waals surface area contributed by atoms with E-state index in [0.29, 0.717) is 22.2 Å². The predicted molar refractivity (Wildman–Crippen MR) is 105 cm³/mol. The van der Waals surface area contributed by atoms with Gasteiger partial charge in [-0.2, -0.15) is 5.26 Å². The minimum absolute atomic E-state index is 0.0694. The second-order valence-electron chi connectivity index (χ2n) is 6.44. The van der Waals surface area contributed by atoms with E-state index >= 15 is 0 Å². The Kier molecular flexibility index (Phi) is 4.68. The number of nitrogens with one attached hydrogen (secondary N) is 1. The number of aryl methyl sites for hydroxylation is 1. The first-order valence-corrected chi connectivity index (χ1v) is 9.05. The zero-order valence-corrected chi connectivity index (χ0v) is 15.8. The first-order chi connectivity index (χ1) is 13.6. The normalized spacial score (nSPS) is 15.5. The molecule has 28 heavy (non-hydrogen) atoms. The van der Waals surface area contributed by atoms with Crippen LogP contribution in [0.1, 0.15) is 28.3 Å². The van der Waals surface area contributed by atoms with Crippen molar-refractivity contribution in [1.82, 2.24) is 10.2 Å². The fourth-order valence-corrected chi connectivity index (χ4v) is 3.45. The molecule has 2 aromatic carbocycles. The Balaban J connectivity index is 1.74. The number of hydrogen-bond donors (Lipinski definition) is 2. The molecular formula is C21H17ClN4O2. The van der Waals surface area contributed by atoms with Crippen molar-refractivity contribution >= 4 is 11.6 Å². The molecule has 3 aromatic rings. The van der Waals surface area contributed by atoms with Crippen LogP contribution in [0.5, 0.6) is 11.6 Å². The van der Waals surface area contributed by atoms with Crippen LogP contribution in [0.3, 0.4) is 0 Å². The first-order valence-electron chi connectivity index (χ1n) is 8.67. The van der Waals surface area contributed by atoms with Crippen LogP contribution in [0.4, 0.5) is 0 Å². The molecule has 4 rings (SSSR count). The monoisotopic (exact) mass is 392 g/mol. The highest BCUT2D eigenvalue weighted by atomic mass is 35.5. The molecule has 1 aliphatic heterocycles. The van der Waals surface area contributed by atoms with E-state index in [4.69, 9.17) is 26.8 Å². The van der Waals surface area contributed by atoms with Gasteiger partial charge in [0.2, 0.25) is 11.8 Å². The third kappa shape index (κ3) is 3.17. The number of hydrogen-bond acceptors (Lipinski definition) is 5. The Morgan fingerprint density at radius 3 is 2.71 bits per heavy atom. The first kappa shape index (κ1) is 18.0. The molecule has 1 aliphatic rings. The van der Waals surface area contributed by atoms with Gasteiger partial charge in [0.1, 0.15) is 24.0 Å². The van der Waals surface area contributed by atoms with E-state index in [9.17, 15) is 5.26 Å². The van der Waals surface area contributed by atoms with Gasteiger partial charge < -0.3 is 15.2 Å². The molecule has 0 saturated carbocycles. The van der Waals surface area contributed by atoms with Crippen molar-refractivity contribution in [2.75, 3.05) is 0 Å². The molecule has 0 unspecified atom stereocenters. The molecule has 6 nitrogen and oxygen atoms in total. The van der Waals surface area contributed by atoms with Crippen molar-refractivity contribution in [2.45, 2.75) is 19.4 Å². The van der Waals surface area contributed by atoms with E-state index in [1.54, 1.807) is 24.3 Å². The summed E-state index contributed by atoms with van der Waals surface area (Å²) >= 11 is 5.92. The number of halogens is 1. The van der Waals surface area contributed by atoms with E-state index in [0.717, 1.165) is 22.4 Å². The molecule has 0 aliphatic carbocycles. The highest BCUT2D eigenvalue weighted by Crippen LogP contribution is 2.43. The zero-order chi connectivity index (χ0) is 19.7. The van der Waals surface area contributed by atoms with E-state index < -0.39 is 0 Å². The summed E-state index contributed by atoms with van der Waals surface area (Å²) in [5, 5.41) is 17.6. The third-order valence-electron chi connectivity index (χ3n) is 4.71. The number of fused-ring (bicyclic) bond motifs is 1. The van der Waals surface area contributed by atoms with Crippen molar-refractivity contribution < 1.29 is 9.47 Å². The topological polar surface area (TPSA) is 97.0 Å². The van der Waals surface area contributed by atoms with Gasteiger partial charge in [0, 0.05) is 5.02 Å². The lowest BCUT2D eigenvalue weighted by atomic mass is 9.82. The summed E-state index contributed by atoms with van der Waals surface area (Å²) in [5.41, 5.74) is 9.87. The SMILES string of the molecule is Cc1ccccc1[C@H]1C(C#N)=C(N)Oc2n[nH]c(COc3ccc(Cl)cc3)c21. The molecule has 1 aromatic heterocycles. The summed E-state index contributed by atoms with van der Waals surface area (Å²) in [7, 11) is 0. The molecule has 0 radical (unpaired) electrons. The summed E-state index contributed by atoms with van der Waals surface area (Å²) in [5.74, 6) is 0.726. The second kappa shape index (κ2) is 7.29. The predicted octanol–water partition coefficient (Wildman–Crippen LogP) is 4.17. The van der Waals surface area contributed by atoms with Crippen LogP contribution in [0, 0.1) is 18.3 Å². The molecule has 0 saturated heterocycles. The Hall–Kier alpha value is -3.43. The van der Waals surface area contributed by atoms with E-state index in [-0.39, 0.29) is 18.4 Å². The summed E-state index contributed by atoms with van der Waals surface area (Å²) in [6.45, 7) is 2.23. The van der Waals surface area contributed by atoms with Gasteiger partial charge in [-0.25, -0.2) is 0 Å². The van der Waals surface area contributed by atoms with E-state index in [2.05, 4.69) is 16.3 Å². The van der Waals surface area contributed by atoms with Gasteiger partial charge in [-0.15, -0.1) is 5.10 Å². The number of allylic oxidation sites excluding steroid dienone is 1. The number of nitriles is 1. The highest BCUT2D eigenvalue weighted by Gasteiger charge is 2.35. The minimum Gasteiger partial charge on any atom is -0.487 e. The number of benzene rings is 2. The standard InChI is InChI=1S/C21H17ClN4O2/c1-12-4-2-3-5-15(12)18-16(10-23)20(24)28-21-19(18)17(25-26-21)11-27-14-8-6-13(22)7-9-14/h2-9,18H,11,24H2,1H3,(H,25,26)/t18-/m0/s1. The smallest absolute Gasteiger partial charge is 0.244 e. The summed E-state index contributed by atoms with van der Waals surface area (Å²) in [6, 6.07) is 17.2. The lowest BCUT2D eigenvalue weighted by Crippen LogP contribution is -2.22. The van der Waals surface area contributed by atoms with E-state index in [1.807, 2.05) is 31.2 Å². The Labute approximate surface area is 167 Å². The van der Waals surface area contributed by atoms with Crippen LogP contribution >= 0.6 is 11.6 Å². The molecule has 3 N–H and O–H groups in total. The average Bonchev–Trinajstić information content (AvgIpc) is 3.09. The van der Waals surface area contributed by atoms with Gasteiger partial charge in [-0.05, 0) is 42.3 Å². The minimum atomic E-state index is -0.377. The molecule has 0 amide bonds. The molecule has 2 heterocycles. The third-order valence-corrected chi connectivity index (χ3v) is 4.97. The van der Waals surface area contributed by atoms with Gasteiger partial charge in [-0.1, -0.05) is 35.9 Å². The molecule has 1 atom stereocenters. The van der Waals surface area contributed by atoms with Crippen LogP contribution in [0.25, 0.3) is 0 Å². The van der Waals surface area contributed by atoms with Crippen molar-refractivity contribution in [3.63, 3.8) is 0 Å². The Morgan fingerprint density at radius 1 is 1.25 bits per heavy atom. The quantitative estimate of drug-likeness (QED) is 0.694. The molecule has 0 spiro atoms. The summed E-state index contributed by atoms with van der Waals surface area (Å²) in [6.07, 6.45) is 0. The summed E-state index contributed by atoms with van der Waals surface area (Å²) in [4.78, 5) is 0. The fraction of sp³-hybridized carbons (Fsp3) is 0.143. The maximum Gasteiger partial charge on any atom is 0.244 e.